The minimum atomic E-state index is -0.542. The molecule has 3 heterocycles. The Morgan fingerprint density at radius 3 is 2.77 bits per heavy atom. The summed E-state index contributed by atoms with van der Waals surface area (Å²) in [5.41, 5.74) is 4.47. The van der Waals surface area contributed by atoms with Gasteiger partial charge in [0.15, 0.2) is 17.2 Å². The number of H-pyrrole nitrogens is 1. The zero-order chi connectivity index (χ0) is 27.5. The molecule has 0 bridgehead atoms. The number of amides is 1. The second kappa shape index (κ2) is 10.9. The van der Waals surface area contributed by atoms with Crippen molar-refractivity contribution in [1.82, 2.24) is 10.4 Å². The molecule has 204 valence electrons. The van der Waals surface area contributed by atoms with Crippen molar-refractivity contribution in [1.29, 1.82) is 0 Å². The van der Waals surface area contributed by atoms with Crippen molar-refractivity contribution in [2.45, 2.75) is 25.9 Å². The average molecular weight is 541 g/mol. The van der Waals surface area contributed by atoms with E-state index >= 15 is 0 Å². The largest absolute Gasteiger partial charge is 0.492 e. The number of nitrogens with zero attached hydrogens (tertiary/aromatic N) is 2. The van der Waals surface area contributed by atoms with Crippen molar-refractivity contribution in [2.24, 2.45) is 10.3 Å². The Morgan fingerprint density at radius 1 is 1.21 bits per heavy atom. The predicted molar refractivity (Wildman–Crippen MR) is 136 cm³/mol. The first-order valence-corrected chi connectivity index (χ1v) is 12.0. The highest BCUT2D eigenvalue weighted by atomic mass is 19.1. The number of halogens is 1. The second-order valence-electron chi connectivity index (χ2n) is 8.53. The van der Waals surface area contributed by atoms with E-state index in [9.17, 15) is 14.0 Å². The van der Waals surface area contributed by atoms with Crippen LogP contribution < -0.4 is 24.4 Å². The van der Waals surface area contributed by atoms with Crippen LogP contribution in [0.15, 0.2) is 34.5 Å². The SMILES string of the molecule is CCOC(=O)C1=NO[C@H](Cc2c(/C=N/NC(=O)c3cc4cc(F)ccc4[nH]3)c3c(c(OC)c2OC)OCO3)C1. The topological polar surface area (TPSA) is 142 Å². The van der Waals surface area contributed by atoms with Gasteiger partial charge in [0.25, 0.3) is 5.91 Å². The number of carbonyl (C=O) groups is 2. The summed E-state index contributed by atoms with van der Waals surface area (Å²) in [7, 11) is 2.94. The first-order valence-electron chi connectivity index (χ1n) is 12.0. The van der Waals surface area contributed by atoms with Crippen LogP contribution in [0.3, 0.4) is 0 Å². The maximum absolute atomic E-state index is 13.5. The van der Waals surface area contributed by atoms with Crippen molar-refractivity contribution in [3.63, 3.8) is 0 Å². The van der Waals surface area contributed by atoms with Crippen LogP contribution in [0.5, 0.6) is 23.0 Å². The minimum absolute atomic E-state index is 0.0623. The number of aromatic nitrogens is 1. The maximum atomic E-state index is 13.5. The zero-order valence-electron chi connectivity index (χ0n) is 21.3. The lowest BCUT2D eigenvalue weighted by Crippen LogP contribution is -2.20. The summed E-state index contributed by atoms with van der Waals surface area (Å²) < 4.78 is 41.1. The molecule has 13 heteroatoms. The number of esters is 1. The Labute approximate surface area is 221 Å². The van der Waals surface area contributed by atoms with E-state index in [2.05, 4.69) is 20.7 Å². The van der Waals surface area contributed by atoms with E-state index in [-0.39, 0.29) is 37.6 Å². The van der Waals surface area contributed by atoms with Gasteiger partial charge < -0.3 is 33.5 Å². The molecular weight excluding hydrogens is 515 g/mol. The molecule has 0 aliphatic carbocycles. The van der Waals surface area contributed by atoms with Crippen molar-refractivity contribution in [3.8, 4) is 23.0 Å². The number of carbonyl (C=O) groups excluding carboxylic acids is 2. The van der Waals surface area contributed by atoms with Crippen LogP contribution in [-0.4, -0.2) is 62.5 Å². The van der Waals surface area contributed by atoms with Gasteiger partial charge in [-0.3, -0.25) is 4.79 Å². The summed E-state index contributed by atoms with van der Waals surface area (Å²) >= 11 is 0. The number of fused-ring (bicyclic) bond motifs is 2. The monoisotopic (exact) mass is 540 g/mol. The third-order valence-corrected chi connectivity index (χ3v) is 6.14. The summed E-state index contributed by atoms with van der Waals surface area (Å²) in [6.07, 6.45) is 1.32. The van der Waals surface area contributed by atoms with Crippen LogP contribution in [0.1, 0.15) is 35.0 Å². The number of oxime groups is 1. The van der Waals surface area contributed by atoms with Gasteiger partial charge in [0.05, 0.1) is 27.0 Å². The highest BCUT2D eigenvalue weighted by Crippen LogP contribution is 2.52. The van der Waals surface area contributed by atoms with Crippen LogP contribution >= 0.6 is 0 Å². The molecule has 0 saturated heterocycles. The summed E-state index contributed by atoms with van der Waals surface area (Å²) in [6, 6.07) is 5.70. The molecule has 0 fully saturated rings. The summed E-state index contributed by atoms with van der Waals surface area (Å²) in [4.78, 5) is 33.2. The molecule has 0 spiro atoms. The molecule has 2 aliphatic heterocycles. The lowest BCUT2D eigenvalue weighted by atomic mass is 9.96. The van der Waals surface area contributed by atoms with Gasteiger partial charge >= 0.3 is 5.97 Å². The number of hydrogen-bond donors (Lipinski definition) is 2. The summed E-state index contributed by atoms with van der Waals surface area (Å²) in [5, 5.41) is 8.55. The summed E-state index contributed by atoms with van der Waals surface area (Å²) in [6.45, 7) is 1.86. The molecule has 2 N–H and O–H groups in total. The van der Waals surface area contributed by atoms with Crippen LogP contribution in [0.25, 0.3) is 10.9 Å². The molecule has 0 radical (unpaired) electrons. The van der Waals surface area contributed by atoms with E-state index in [1.54, 1.807) is 13.0 Å². The molecule has 1 atom stereocenters. The third kappa shape index (κ3) is 5.02. The van der Waals surface area contributed by atoms with Gasteiger partial charge in [-0.15, -0.1) is 0 Å². The van der Waals surface area contributed by atoms with Crippen molar-refractivity contribution >= 4 is 34.7 Å². The van der Waals surface area contributed by atoms with Crippen LogP contribution in [0.2, 0.25) is 0 Å². The van der Waals surface area contributed by atoms with E-state index in [4.69, 9.17) is 28.5 Å². The fourth-order valence-electron chi connectivity index (χ4n) is 4.43. The van der Waals surface area contributed by atoms with E-state index in [0.717, 1.165) is 0 Å². The van der Waals surface area contributed by atoms with E-state index in [1.807, 2.05) is 0 Å². The Balaban J connectivity index is 1.43. The van der Waals surface area contributed by atoms with Gasteiger partial charge in [0.1, 0.15) is 17.6 Å². The molecule has 0 unspecified atom stereocenters. The Bertz CT molecular complexity index is 1500. The van der Waals surface area contributed by atoms with Gasteiger partial charge in [0, 0.05) is 34.9 Å². The van der Waals surface area contributed by atoms with Crippen molar-refractivity contribution in [3.05, 3.63) is 46.9 Å². The highest BCUT2D eigenvalue weighted by molar-refractivity contribution is 6.36. The van der Waals surface area contributed by atoms with Gasteiger partial charge in [-0.05, 0) is 31.2 Å². The molecule has 2 aliphatic rings. The maximum Gasteiger partial charge on any atom is 0.356 e. The number of methoxy groups -OCH3 is 2. The molecule has 1 aromatic heterocycles. The minimum Gasteiger partial charge on any atom is -0.492 e. The van der Waals surface area contributed by atoms with Crippen molar-refractivity contribution in [2.75, 3.05) is 27.6 Å². The molecule has 5 rings (SSSR count). The molecule has 1 amide bonds. The number of aromatic amines is 1. The van der Waals surface area contributed by atoms with Gasteiger partial charge in [-0.25, -0.2) is 14.6 Å². The standard InChI is InChI=1S/C26H25FN4O8/c1-4-36-26(33)20-10-15(39-31-20)9-16-17(22-24(38-12-37-22)23(35-3)21(16)34-2)11-28-30-25(32)19-8-13-7-14(27)5-6-18(13)29-19/h5-8,11,15,29H,4,9-10,12H2,1-3H3,(H,30,32)/b28-11+/t15-/m1/s1. The molecule has 2 aromatic carbocycles. The normalized spacial score (nSPS) is 15.8. The molecular formula is C26H25FN4O8. The predicted octanol–water partition coefficient (Wildman–Crippen LogP) is 3.07. The Hall–Kier alpha value is -4.81. The van der Waals surface area contributed by atoms with Crippen LogP contribution in [-0.2, 0) is 20.8 Å². The van der Waals surface area contributed by atoms with Crippen LogP contribution in [0.4, 0.5) is 4.39 Å². The zero-order valence-corrected chi connectivity index (χ0v) is 21.3. The third-order valence-electron chi connectivity index (χ3n) is 6.14. The Morgan fingerprint density at radius 2 is 2.00 bits per heavy atom. The van der Waals surface area contributed by atoms with Gasteiger partial charge in [0.2, 0.25) is 18.3 Å². The number of benzene rings is 2. The Kier molecular flexibility index (Phi) is 7.21. The number of ether oxygens (including phenoxy) is 5. The number of nitrogens with one attached hydrogen (secondary N) is 2. The molecule has 39 heavy (non-hydrogen) atoms. The number of hydrazone groups is 1. The van der Waals surface area contributed by atoms with E-state index in [0.29, 0.717) is 45.0 Å². The fourth-order valence-corrected chi connectivity index (χ4v) is 4.43. The molecule has 12 nitrogen and oxygen atoms in total. The fraction of sp³-hybridized carbons (Fsp3) is 0.308. The molecule has 3 aromatic rings. The van der Waals surface area contributed by atoms with E-state index < -0.39 is 23.8 Å². The smallest absolute Gasteiger partial charge is 0.356 e. The van der Waals surface area contributed by atoms with E-state index in [1.165, 1.54) is 38.6 Å². The molecule has 0 saturated carbocycles. The van der Waals surface area contributed by atoms with Gasteiger partial charge in [-0.2, -0.15) is 5.10 Å². The average Bonchev–Trinajstić information content (AvgIpc) is 3.68. The first-order chi connectivity index (χ1) is 18.9. The number of rotatable bonds is 9. The lowest BCUT2D eigenvalue weighted by molar-refractivity contribution is -0.135. The summed E-state index contributed by atoms with van der Waals surface area (Å²) in [5.74, 6) is -0.165. The number of hydrogen-bond acceptors (Lipinski definition) is 10. The van der Waals surface area contributed by atoms with Crippen molar-refractivity contribution < 1.29 is 42.5 Å². The highest BCUT2D eigenvalue weighted by Gasteiger charge is 2.34. The van der Waals surface area contributed by atoms with Crippen LogP contribution in [0, 0.1) is 5.82 Å². The lowest BCUT2D eigenvalue weighted by Gasteiger charge is -2.19. The quantitative estimate of drug-likeness (QED) is 0.240. The second-order valence-corrected chi connectivity index (χ2v) is 8.53. The first kappa shape index (κ1) is 25.8. The van der Waals surface area contributed by atoms with Gasteiger partial charge in [-0.1, -0.05) is 5.16 Å².